The Morgan fingerprint density at radius 1 is 0.537 bits per heavy atom. The molecule has 0 fully saturated rings. The van der Waals surface area contributed by atoms with Crippen LogP contribution in [0.2, 0.25) is 0 Å². The van der Waals surface area contributed by atoms with Crippen molar-refractivity contribution in [2.24, 2.45) is 9.98 Å². The second-order valence-corrected chi connectivity index (χ2v) is 18.0. The number of rotatable bonds is 6. The van der Waals surface area contributed by atoms with Gasteiger partial charge in [0.05, 0.1) is 11.2 Å². The van der Waals surface area contributed by atoms with E-state index in [-0.39, 0.29) is 17.4 Å². The van der Waals surface area contributed by atoms with Gasteiger partial charge in [0.1, 0.15) is 41.2 Å². The first kappa shape index (κ1) is 40.5. The van der Waals surface area contributed by atoms with Crippen LogP contribution in [0.25, 0.3) is 55.4 Å². The third-order valence-corrected chi connectivity index (χ3v) is 14.4. The molecule has 0 bridgehead atoms. The van der Waals surface area contributed by atoms with Crippen LogP contribution in [-0.4, -0.2) is 50.1 Å². The van der Waals surface area contributed by atoms with Crippen LogP contribution in [0, 0.1) is 0 Å². The summed E-state index contributed by atoms with van der Waals surface area (Å²) in [5, 5.41) is 28.4. The molecule has 8 aromatic carbocycles. The first-order chi connectivity index (χ1) is 32.8. The summed E-state index contributed by atoms with van der Waals surface area (Å²) in [6.45, 7) is 0. The van der Waals surface area contributed by atoms with Gasteiger partial charge >= 0.3 is 0 Å². The third kappa shape index (κ3) is 6.59. The zero-order chi connectivity index (χ0) is 45.3. The van der Waals surface area contributed by atoms with Crippen molar-refractivity contribution in [3.63, 3.8) is 0 Å². The number of allylic oxidation sites excluding steroid dienone is 2. The average Bonchev–Trinajstić information content (AvgIpc) is 3.91. The molecule has 1 aliphatic heterocycles. The number of phenolic OH excluding ortho intramolecular Hbond substituents is 2. The van der Waals surface area contributed by atoms with Crippen molar-refractivity contribution in [3.05, 3.63) is 221 Å². The highest BCUT2D eigenvalue weighted by Gasteiger charge is 2.41. The molecule has 0 saturated heterocycles. The number of benzene rings is 8. The van der Waals surface area contributed by atoms with Crippen molar-refractivity contribution < 1.29 is 10.2 Å². The summed E-state index contributed by atoms with van der Waals surface area (Å²) < 4.78 is 2.37. The van der Waals surface area contributed by atoms with Gasteiger partial charge in [0.15, 0.2) is 5.84 Å². The van der Waals surface area contributed by atoms with Crippen LogP contribution in [-0.2, 0) is 6.42 Å². The van der Waals surface area contributed by atoms with Crippen LogP contribution < -0.4 is 21.7 Å². The molecule has 2 unspecified atom stereocenters. The van der Waals surface area contributed by atoms with Crippen LogP contribution in [0.3, 0.4) is 0 Å². The molecule has 2 aliphatic carbocycles. The Kier molecular flexibility index (Phi) is 9.75. The van der Waals surface area contributed by atoms with Crippen LogP contribution in [0.4, 0.5) is 0 Å². The number of hydrogen-bond acceptors (Lipinski definition) is 5. The summed E-state index contributed by atoms with van der Waals surface area (Å²) in [7, 11) is 5.75. The van der Waals surface area contributed by atoms with Gasteiger partial charge in [0.25, 0.3) is 0 Å². The van der Waals surface area contributed by atoms with Gasteiger partial charge in [-0.3, -0.25) is 4.57 Å². The zero-order valence-electron chi connectivity index (χ0n) is 37.6. The van der Waals surface area contributed by atoms with Crippen molar-refractivity contribution in [2.75, 3.05) is 0 Å². The number of fused-ring (bicyclic) bond motifs is 6. The standard InChI is InChI=1S/C58H45B3N4O2/c59-50-49(54(66)52(61)55(67)51(50)60)45-32-38(34-16-6-2-7-17-34)28-29-43(45)47-41-22-11-10-20-39(41)42-30-31-44-40-21-12-13-23-46(40)65(53(44)48(42)47)58-63-56(36-18-8-3-9-19-36)62-57(64-58)37-26-24-35(25-27-37)33-14-4-1-5-15-33/h1-29,32,47,56,66-67H,30-31,59-61H2,(H,62,63,64). The van der Waals surface area contributed by atoms with Crippen molar-refractivity contribution in [2.45, 2.75) is 24.9 Å². The van der Waals surface area contributed by atoms with Gasteiger partial charge < -0.3 is 15.5 Å². The van der Waals surface area contributed by atoms with E-state index in [9.17, 15) is 10.2 Å². The molecule has 9 aromatic rings. The Morgan fingerprint density at radius 2 is 1.13 bits per heavy atom. The summed E-state index contributed by atoms with van der Waals surface area (Å²) in [4.78, 5) is 10.8. The highest BCUT2D eigenvalue weighted by molar-refractivity contribution is 6.55. The number of para-hydroxylation sites is 1. The van der Waals surface area contributed by atoms with Gasteiger partial charge in [-0.15, -0.1) is 0 Å². The number of aromatic nitrogens is 1. The Morgan fingerprint density at radius 3 is 1.88 bits per heavy atom. The van der Waals surface area contributed by atoms with E-state index in [1.807, 2.05) is 33.9 Å². The molecular weight excluding hydrogens is 817 g/mol. The van der Waals surface area contributed by atoms with E-state index in [1.165, 1.54) is 33.2 Å². The lowest BCUT2D eigenvalue weighted by molar-refractivity contribution is 0.463. The van der Waals surface area contributed by atoms with Crippen LogP contribution in [0.1, 0.15) is 57.6 Å². The third-order valence-electron chi connectivity index (χ3n) is 14.4. The van der Waals surface area contributed by atoms with E-state index in [0.29, 0.717) is 17.3 Å². The van der Waals surface area contributed by atoms with E-state index in [0.717, 1.165) is 85.0 Å². The fourth-order valence-electron chi connectivity index (χ4n) is 10.9. The van der Waals surface area contributed by atoms with E-state index >= 15 is 0 Å². The molecule has 318 valence electrons. The van der Waals surface area contributed by atoms with Crippen molar-refractivity contribution in [3.8, 4) is 44.9 Å². The summed E-state index contributed by atoms with van der Waals surface area (Å²) in [6, 6.07) is 64.2. The van der Waals surface area contributed by atoms with E-state index < -0.39 is 6.17 Å². The Bertz CT molecular complexity index is 3520. The maximum absolute atomic E-state index is 12.2. The Labute approximate surface area is 393 Å². The molecule has 0 spiro atoms. The fourth-order valence-corrected chi connectivity index (χ4v) is 10.9. The number of aryl methyl sites for hydroxylation is 1. The number of nitrogens with one attached hydrogen (secondary N) is 1. The predicted octanol–water partition coefficient (Wildman–Crippen LogP) is 7.78. The lowest BCUT2D eigenvalue weighted by Gasteiger charge is -2.29. The molecule has 0 radical (unpaired) electrons. The highest BCUT2D eigenvalue weighted by Crippen LogP contribution is 2.57. The quantitative estimate of drug-likeness (QED) is 0.150. The Balaban J connectivity index is 1.10. The summed E-state index contributed by atoms with van der Waals surface area (Å²) in [5.41, 5.74) is 19.8. The summed E-state index contributed by atoms with van der Waals surface area (Å²) >= 11 is 0. The van der Waals surface area contributed by atoms with E-state index in [1.54, 1.807) is 7.85 Å². The first-order valence-electron chi connectivity index (χ1n) is 23.1. The molecule has 12 rings (SSSR count). The van der Waals surface area contributed by atoms with Crippen LogP contribution in [0.5, 0.6) is 11.5 Å². The molecule has 6 nitrogen and oxygen atoms in total. The topological polar surface area (TPSA) is 82.1 Å². The normalized spacial score (nSPS) is 16.2. The number of aliphatic imine (C=N–C) groups is 2. The smallest absolute Gasteiger partial charge is 0.211 e. The minimum atomic E-state index is -0.396. The highest BCUT2D eigenvalue weighted by atomic mass is 16.3. The first-order valence-corrected chi connectivity index (χ1v) is 23.1. The minimum Gasteiger partial charge on any atom is -0.509 e. The summed E-state index contributed by atoms with van der Waals surface area (Å²) in [6.07, 6.45) is 1.36. The molecule has 2 heterocycles. The molecule has 0 amide bonds. The van der Waals surface area contributed by atoms with Crippen molar-refractivity contribution in [1.82, 2.24) is 9.88 Å². The zero-order valence-corrected chi connectivity index (χ0v) is 37.6. The summed E-state index contributed by atoms with van der Waals surface area (Å²) in [5.74, 6) is 1.40. The largest absolute Gasteiger partial charge is 0.509 e. The number of nitrogens with zero attached hydrogens (tertiary/aromatic N) is 3. The molecular formula is C58H45B3N4O2. The van der Waals surface area contributed by atoms with Crippen molar-refractivity contribution in [1.29, 1.82) is 0 Å². The number of amidine groups is 1. The average molecular weight is 862 g/mol. The molecule has 1 aromatic heterocycles. The molecule has 3 N–H and O–H groups in total. The molecule has 3 aliphatic rings. The van der Waals surface area contributed by atoms with Gasteiger partial charge in [-0.1, -0.05) is 181 Å². The van der Waals surface area contributed by atoms with Crippen LogP contribution in [0.15, 0.2) is 192 Å². The lowest BCUT2D eigenvalue weighted by Crippen LogP contribution is -2.38. The monoisotopic (exact) mass is 862 g/mol. The van der Waals surface area contributed by atoms with Crippen LogP contribution >= 0.6 is 0 Å². The number of aromatic hydroxyl groups is 2. The fraction of sp³-hybridized carbons (Fsp3) is 0.0690. The predicted molar refractivity (Wildman–Crippen MR) is 284 cm³/mol. The van der Waals surface area contributed by atoms with Gasteiger partial charge in [-0.05, 0) is 97.2 Å². The second-order valence-electron chi connectivity index (χ2n) is 18.0. The number of hydrogen-bond donors (Lipinski definition) is 3. The van der Waals surface area contributed by atoms with Crippen molar-refractivity contribution >= 4 is 73.8 Å². The maximum Gasteiger partial charge on any atom is 0.211 e. The molecule has 2 atom stereocenters. The lowest BCUT2D eigenvalue weighted by atomic mass is 9.69. The number of phenols is 2. The molecule has 67 heavy (non-hydrogen) atoms. The van der Waals surface area contributed by atoms with Gasteiger partial charge in [0.2, 0.25) is 5.96 Å². The van der Waals surface area contributed by atoms with Gasteiger partial charge in [-0.2, -0.15) is 4.99 Å². The van der Waals surface area contributed by atoms with E-state index in [4.69, 9.17) is 9.98 Å². The SMILES string of the molecule is Bc1c(B)c(-c2cc(-c3ccccc3)ccc2C2C3=C(CCc4c3n(C3=NC(c5ccc(-c6ccccc6)cc5)=NC(c5ccccc5)N3)c3ccccc43)c3ccccc32)c(O)c(B)c1O. The molecule has 0 saturated carbocycles. The van der Waals surface area contributed by atoms with Gasteiger partial charge in [-0.25, -0.2) is 4.99 Å². The van der Waals surface area contributed by atoms with Gasteiger partial charge in [0, 0.05) is 22.4 Å². The second kappa shape index (κ2) is 16.1. The Hall–Kier alpha value is -8.03. The maximum atomic E-state index is 12.2. The van der Waals surface area contributed by atoms with E-state index in [2.05, 4.69) is 174 Å². The molecule has 9 heteroatoms. The minimum absolute atomic E-state index is 0.0994.